The number of carbonyl (C=O) groups is 1. The molecule has 0 unspecified atom stereocenters. The number of benzene rings is 2. The number of ether oxygens (including phenoxy) is 2. The van der Waals surface area contributed by atoms with E-state index in [1.54, 1.807) is 52.0 Å². The molecule has 0 radical (unpaired) electrons. The van der Waals surface area contributed by atoms with Gasteiger partial charge in [0, 0.05) is 53.3 Å². The van der Waals surface area contributed by atoms with Crippen LogP contribution in [-0.4, -0.2) is 49.6 Å². The summed E-state index contributed by atoms with van der Waals surface area (Å²) < 4.78 is 68.7. The van der Waals surface area contributed by atoms with E-state index in [1.165, 1.54) is 29.2 Å². The number of amides is 1. The average Bonchev–Trinajstić information content (AvgIpc) is 3.37. The van der Waals surface area contributed by atoms with Crippen molar-refractivity contribution in [2.45, 2.75) is 52.7 Å². The van der Waals surface area contributed by atoms with Crippen LogP contribution in [-0.2, 0) is 17.7 Å². The molecule has 3 heterocycles. The van der Waals surface area contributed by atoms with Crippen molar-refractivity contribution in [2.24, 2.45) is 0 Å². The minimum Gasteiger partial charge on any atom is -0.494 e. The smallest absolute Gasteiger partial charge is 0.407 e. The van der Waals surface area contributed by atoms with Gasteiger partial charge in [0.25, 0.3) is 6.43 Å². The van der Waals surface area contributed by atoms with E-state index < -0.39 is 35.4 Å². The second-order valence-corrected chi connectivity index (χ2v) is 11.5. The molecule has 0 saturated carbocycles. The maximum Gasteiger partial charge on any atom is 0.407 e. The van der Waals surface area contributed by atoms with Crippen LogP contribution in [0, 0.1) is 11.6 Å². The first-order valence-corrected chi connectivity index (χ1v) is 14.8. The third kappa shape index (κ3) is 8.12. The van der Waals surface area contributed by atoms with Gasteiger partial charge in [-0.15, -0.1) is 0 Å². The van der Waals surface area contributed by atoms with Crippen LogP contribution in [0.25, 0.3) is 22.4 Å². The first-order valence-electron chi connectivity index (χ1n) is 14.8. The topological polar surface area (TPSA) is 116 Å². The highest BCUT2D eigenvalue weighted by Crippen LogP contribution is 2.30. The van der Waals surface area contributed by atoms with Crippen LogP contribution in [0.1, 0.15) is 50.9 Å². The van der Waals surface area contributed by atoms with Crippen molar-refractivity contribution in [1.29, 1.82) is 0 Å². The average molecular weight is 652 g/mol. The van der Waals surface area contributed by atoms with Crippen LogP contribution in [0.5, 0.6) is 5.75 Å². The van der Waals surface area contributed by atoms with Gasteiger partial charge in [-0.1, -0.05) is 18.2 Å². The monoisotopic (exact) mass is 651 g/mol. The fourth-order valence-corrected chi connectivity index (χ4v) is 4.75. The number of anilines is 2. The molecule has 5 rings (SSSR count). The zero-order chi connectivity index (χ0) is 33.7. The molecule has 2 N–H and O–H groups in total. The van der Waals surface area contributed by atoms with Gasteiger partial charge >= 0.3 is 6.09 Å². The molecule has 0 fully saturated rings. The number of aromatic nitrogens is 5. The van der Waals surface area contributed by atoms with Gasteiger partial charge in [-0.05, 0) is 52.3 Å². The molecule has 0 bridgehead atoms. The van der Waals surface area contributed by atoms with Crippen molar-refractivity contribution < 1.29 is 31.8 Å². The number of halogens is 4. The lowest BCUT2D eigenvalue weighted by Crippen LogP contribution is -2.33. The van der Waals surface area contributed by atoms with Crippen LogP contribution < -0.4 is 15.4 Å². The molecule has 0 aliphatic carbocycles. The predicted octanol–water partition coefficient (Wildman–Crippen LogP) is 7.36. The summed E-state index contributed by atoms with van der Waals surface area (Å²) >= 11 is 0. The third-order valence-electron chi connectivity index (χ3n) is 6.80. The Hall–Kier alpha value is -5.27. The Morgan fingerprint density at radius 2 is 1.79 bits per heavy atom. The maximum atomic E-state index is 15.0. The van der Waals surface area contributed by atoms with Gasteiger partial charge in [0.05, 0.1) is 18.7 Å². The summed E-state index contributed by atoms with van der Waals surface area (Å²) in [5.41, 5.74) is 0.474. The molecule has 0 aliphatic heterocycles. The number of hydrogen-bond donors (Lipinski definition) is 2. The van der Waals surface area contributed by atoms with Crippen LogP contribution in [0.15, 0.2) is 60.9 Å². The van der Waals surface area contributed by atoms with Gasteiger partial charge in [0.1, 0.15) is 40.2 Å². The lowest BCUT2D eigenvalue weighted by molar-refractivity contribution is 0.0528. The van der Waals surface area contributed by atoms with Gasteiger partial charge in [-0.25, -0.2) is 32.3 Å². The fraction of sp³-hybridized carbons (Fsp3) is 0.303. The van der Waals surface area contributed by atoms with Gasteiger partial charge in [0.15, 0.2) is 5.82 Å². The SMILES string of the molecule is CCOc1cc(F)c(Cn2nc(-c3ncc(CCNC(=O)OC(C)(C)C)c(Nc4ccnc(C(F)F)c4)n3)c3ccccc32)c(F)c1. The first kappa shape index (κ1) is 33.1. The Labute approximate surface area is 268 Å². The van der Waals surface area contributed by atoms with E-state index in [-0.39, 0.29) is 49.1 Å². The summed E-state index contributed by atoms with van der Waals surface area (Å²) in [6.45, 7) is 7.17. The second kappa shape index (κ2) is 14.0. The molecule has 0 saturated heterocycles. The van der Waals surface area contributed by atoms with Crippen LogP contribution >= 0.6 is 0 Å². The number of hydrogen-bond acceptors (Lipinski definition) is 8. The molecule has 2 aromatic carbocycles. The summed E-state index contributed by atoms with van der Waals surface area (Å²) in [6.07, 6.45) is -0.325. The summed E-state index contributed by atoms with van der Waals surface area (Å²) in [6, 6.07) is 12.1. The lowest BCUT2D eigenvalue weighted by Gasteiger charge is -2.19. The van der Waals surface area contributed by atoms with E-state index in [0.29, 0.717) is 27.8 Å². The molecule has 0 atom stereocenters. The Balaban J connectivity index is 1.51. The number of carbonyl (C=O) groups excluding carboxylic acids is 1. The minimum atomic E-state index is -2.78. The van der Waals surface area contributed by atoms with E-state index in [9.17, 15) is 22.4 Å². The van der Waals surface area contributed by atoms with E-state index in [4.69, 9.17) is 14.5 Å². The van der Waals surface area contributed by atoms with Gasteiger partial charge in [-0.2, -0.15) is 5.10 Å². The van der Waals surface area contributed by atoms with E-state index in [2.05, 4.69) is 25.7 Å². The largest absolute Gasteiger partial charge is 0.494 e. The molecule has 0 aliphatic rings. The van der Waals surface area contributed by atoms with Crippen molar-refractivity contribution >= 4 is 28.5 Å². The summed E-state index contributed by atoms with van der Waals surface area (Å²) in [4.78, 5) is 25.1. The minimum absolute atomic E-state index is 0.0851. The highest BCUT2D eigenvalue weighted by atomic mass is 19.3. The lowest BCUT2D eigenvalue weighted by atomic mass is 10.1. The molecule has 246 valence electrons. The van der Waals surface area contributed by atoms with Crippen molar-refractivity contribution in [1.82, 2.24) is 30.0 Å². The number of rotatable bonds is 11. The van der Waals surface area contributed by atoms with E-state index in [0.717, 1.165) is 12.1 Å². The zero-order valence-electron chi connectivity index (χ0n) is 26.2. The number of pyridine rings is 1. The molecule has 47 heavy (non-hydrogen) atoms. The summed E-state index contributed by atoms with van der Waals surface area (Å²) in [5, 5.41) is 11.0. The van der Waals surface area contributed by atoms with E-state index in [1.807, 2.05) is 0 Å². The fourth-order valence-electron chi connectivity index (χ4n) is 4.75. The molecule has 0 spiro atoms. The van der Waals surface area contributed by atoms with Crippen molar-refractivity contribution in [3.8, 4) is 17.3 Å². The zero-order valence-corrected chi connectivity index (χ0v) is 26.2. The highest BCUT2D eigenvalue weighted by Gasteiger charge is 2.21. The number of nitrogens with zero attached hydrogens (tertiary/aromatic N) is 5. The van der Waals surface area contributed by atoms with E-state index >= 15 is 0 Å². The summed E-state index contributed by atoms with van der Waals surface area (Å²) in [5.74, 6) is -1.02. The summed E-state index contributed by atoms with van der Waals surface area (Å²) in [7, 11) is 0. The van der Waals surface area contributed by atoms with Crippen LogP contribution in [0.4, 0.5) is 33.9 Å². The quantitative estimate of drug-likeness (QED) is 0.142. The third-order valence-corrected chi connectivity index (χ3v) is 6.80. The Kier molecular flexibility index (Phi) is 9.87. The van der Waals surface area contributed by atoms with Gasteiger partial charge < -0.3 is 20.1 Å². The first-order chi connectivity index (χ1) is 22.4. The Morgan fingerprint density at radius 3 is 2.49 bits per heavy atom. The predicted molar refractivity (Wildman–Crippen MR) is 168 cm³/mol. The molecule has 1 amide bonds. The van der Waals surface area contributed by atoms with Gasteiger partial charge in [0.2, 0.25) is 0 Å². The van der Waals surface area contributed by atoms with Crippen molar-refractivity contribution in [3.63, 3.8) is 0 Å². The maximum absolute atomic E-state index is 15.0. The number of fused-ring (bicyclic) bond motifs is 1. The Bertz CT molecular complexity index is 1870. The molecular formula is C33H33F4N7O3. The van der Waals surface area contributed by atoms with Crippen molar-refractivity contribution in [3.05, 3.63) is 89.4 Å². The highest BCUT2D eigenvalue weighted by molar-refractivity contribution is 5.92. The number of para-hydroxylation sites is 1. The molecule has 14 heteroatoms. The number of alkyl halides is 2. The second-order valence-electron chi connectivity index (χ2n) is 11.5. The number of alkyl carbamates (subject to hydrolysis) is 1. The van der Waals surface area contributed by atoms with Gasteiger partial charge in [-0.3, -0.25) is 9.67 Å². The molecule has 3 aromatic heterocycles. The van der Waals surface area contributed by atoms with Crippen LogP contribution in [0.2, 0.25) is 0 Å². The normalized spacial score (nSPS) is 11.6. The molecule has 5 aromatic rings. The standard InChI is InChI=1S/C33H33F4N7O3/c1-5-46-21-15-24(34)23(25(35)16-21)18-44-27-9-7-6-8-22(27)28(43-44)31-40-17-19(10-12-39-32(45)47-33(2,3)4)30(42-31)41-20-11-13-38-26(14-20)29(36)37/h6-9,11,13-17,29H,5,10,12,18H2,1-4H3,(H,39,45)(H,38,40,41,42). The molecular weight excluding hydrogens is 618 g/mol. The number of nitrogens with one attached hydrogen (secondary N) is 2. The molecule has 10 nitrogen and oxygen atoms in total. The van der Waals surface area contributed by atoms with Crippen molar-refractivity contribution in [2.75, 3.05) is 18.5 Å². The van der Waals surface area contributed by atoms with Crippen LogP contribution in [0.3, 0.4) is 0 Å². The Morgan fingerprint density at radius 1 is 1.04 bits per heavy atom.